The Kier molecular flexibility index (Phi) is 16.4. The highest BCUT2D eigenvalue weighted by Crippen LogP contribution is 2.38. The third-order valence-corrected chi connectivity index (χ3v) is 18.2. The molecule has 356 valence electrons. The molecule has 0 aliphatic carbocycles. The van der Waals surface area contributed by atoms with E-state index in [0.29, 0.717) is 22.4 Å². The average Bonchev–Trinajstić information content (AvgIpc) is 3.29. The van der Waals surface area contributed by atoms with Gasteiger partial charge in [-0.15, -0.1) is 0 Å². The van der Waals surface area contributed by atoms with Crippen molar-refractivity contribution in [3.05, 3.63) is 115 Å². The van der Waals surface area contributed by atoms with Gasteiger partial charge < -0.3 is 30.6 Å². The predicted molar refractivity (Wildman–Crippen MR) is 265 cm³/mol. The van der Waals surface area contributed by atoms with Crippen LogP contribution in [0.25, 0.3) is 0 Å². The maximum absolute atomic E-state index is 12.8. The summed E-state index contributed by atoms with van der Waals surface area (Å²) in [4.78, 5) is 17.3. The van der Waals surface area contributed by atoms with Crippen molar-refractivity contribution in [2.75, 3.05) is 41.7 Å². The number of nitrogens with zero attached hydrogens (tertiary/aromatic N) is 6. The van der Waals surface area contributed by atoms with Gasteiger partial charge in [-0.2, -0.15) is 20.5 Å². The molecule has 0 bridgehead atoms. The lowest BCUT2D eigenvalue weighted by Crippen LogP contribution is -2.16. The highest BCUT2D eigenvalue weighted by molar-refractivity contribution is 7.92. The van der Waals surface area contributed by atoms with Gasteiger partial charge in [-0.05, 0) is 109 Å². The van der Waals surface area contributed by atoms with Gasteiger partial charge in [0.2, 0.25) is 11.9 Å². The average molecular weight is 999 g/mol. The topological polar surface area (TPSA) is 276 Å². The summed E-state index contributed by atoms with van der Waals surface area (Å²) in [5, 5.41) is 29.7. The SMILES string of the molecule is CC(C)S(=O)(=O)c1ccccc1Nc1ncc(C#N)c(Nc2ccccc2S(=O)(=O)C(C)C)n1.COc1cc(P(C)(C)=O)ccc1Nc1ncc(C#N)c(Nc2ccccc2S(=O)(=O)C(C)C)n1. The molecule has 0 amide bonds. The molecule has 2 aromatic heterocycles. The highest BCUT2D eigenvalue weighted by Gasteiger charge is 2.26. The van der Waals surface area contributed by atoms with Crippen LogP contribution in [0.1, 0.15) is 52.7 Å². The minimum atomic E-state index is -3.61. The normalized spacial score (nSPS) is 11.8. The second-order valence-corrected chi connectivity index (χ2v) is 26.8. The van der Waals surface area contributed by atoms with Crippen molar-refractivity contribution in [1.82, 2.24) is 19.9 Å². The van der Waals surface area contributed by atoms with Crippen molar-refractivity contribution in [2.45, 2.75) is 72.0 Å². The molecule has 22 heteroatoms. The Morgan fingerprint density at radius 1 is 0.544 bits per heavy atom. The van der Waals surface area contributed by atoms with Crippen LogP contribution in [0.15, 0.2) is 118 Å². The lowest BCUT2D eigenvalue weighted by Gasteiger charge is -2.16. The van der Waals surface area contributed by atoms with Crippen LogP contribution in [0.3, 0.4) is 0 Å². The first kappa shape index (κ1) is 52.1. The van der Waals surface area contributed by atoms with Crippen molar-refractivity contribution >= 4 is 88.2 Å². The highest BCUT2D eigenvalue weighted by atomic mass is 32.2. The Bertz CT molecular complexity index is 3310. The van der Waals surface area contributed by atoms with Gasteiger partial charge in [0.1, 0.15) is 36.2 Å². The summed E-state index contributed by atoms with van der Waals surface area (Å²) < 4.78 is 94.5. The smallest absolute Gasteiger partial charge is 0.229 e. The number of sulfone groups is 3. The number of para-hydroxylation sites is 3. The lowest BCUT2D eigenvalue weighted by molar-refractivity contribution is 0.417. The van der Waals surface area contributed by atoms with E-state index in [0.717, 1.165) is 0 Å². The zero-order valence-corrected chi connectivity index (χ0v) is 42.0. The minimum Gasteiger partial charge on any atom is -0.495 e. The molecule has 0 fully saturated rings. The summed E-state index contributed by atoms with van der Waals surface area (Å²) >= 11 is 0. The monoisotopic (exact) mass is 998 g/mol. The number of rotatable bonds is 16. The van der Waals surface area contributed by atoms with E-state index in [1.54, 1.807) is 128 Å². The summed E-state index contributed by atoms with van der Waals surface area (Å²) in [5.74, 6) is 0.881. The van der Waals surface area contributed by atoms with E-state index in [2.05, 4.69) is 41.2 Å². The molecule has 4 aromatic carbocycles. The van der Waals surface area contributed by atoms with E-state index in [4.69, 9.17) is 4.74 Å². The first-order chi connectivity index (χ1) is 31.9. The quantitative estimate of drug-likeness (QED) is 0.0661. The van der Waals surface area contributed by atoms with Crippen molar-refractivity contribution in [1.29, 1.82) is 10.5 Å². The van der Waals surface area contributed by atoms with Crippen molar-refractivity contribution in [3.63, 3.8) is 0 Å². The zero-order chi connectivity index (χ0) is 50.2. The van der Waals surface area contributed by atoms with Crippen LogP contribution in [0, 0.1) is 22.7 Å². The number of ether oxygens (including phenoxy) is 1. The molecule has 0 spiro atoms. The fraction of sp³-hybridized carbons (Fsp3) is 0.261. The van der Waals surface area contributed by atoms with Gasteiger partial charge >= 0.3 is 0 Å². The van der Waals surface area contributed by atoms with Crippen molar-refractivity contribution in [3.8, 4) is 17.9 Å². The molecule has 4 N–H and O–H groups in total. The molecule has 2 heterocycles. The van der Waals surface area contributed by atoms with Crippen LogP contribution >= 0.6 is 7.14 Å². The standard InChI is InChI=1S/C23H26N5O4PS.C23H25N5O4S2/c1-15(2)34(30,31)21-9-7-6-8-19(21)26-22-16(13-24)14-25-23(28-22)27-18-11-10-17(33(4,5)29)12-20(18)32-3;1-15(2)33(29,30)20-11-7-5-9-18(20)26-22-17(13-24)14-25-23(28-22)27-19-10-6-8-12-21(19)34(31,32)16(3)4/h6-12,14-15H,1-5H3,(H2,25,26,27,28);5-12,14-16H,1-4H3,(H2,25,26,27,28). The molecule has 0 atom stereocenters. The van der Waals surface area contributed by atoms with E-state index in [1.165, 1.54) is 37.7 Å². The second-order valence-electron chi connectivity index (χ2n) is 16.1. The van der Waals surface area contributed by atoms with Gasteiger partial charge in [-0.25, -0.2) is 35.2 Å². The Morgan fingerprint density at radius 3 is 1.24 bits per heavy atom. The molecule has 6 rings (SSSR count). The largest absolute Gasteiger partial charge is 0.495 e. The molecule has 6 aromatic rings. The molecular weight excluding hydrogens is 948 g/mol. The van der Waals surface area contributed by atoms with Gasteiger partial charge in [0, 0.05) is 5.30 Å². The minimum absolute atomic E-state index is 0.0390. The summed E-state index contributed by atoms with van der Waals surface area (Å²) in [6.45, 7) is 12.9. The molecule has 68 heavy (non-hydrogen) atoms. The summed E-state index contributed by atoms with van der Waals surface area (Å²) in [7, 11) is -11.7. The number of benzene rings is 4. The number of nitrogens with one attached hydrogen (secondary N) is 4. The van der Waals surface area contributed by atoms with Gasteiger partial charge in [0.15, 0.2) is 41.1 Å². The summed E-state index contributed by atoms with van der Waals surface area (Å²) in [6, 6.07) is 28.3. The van der Waals surface area contributed by atoms with E-state index in [-0.39, 0.29) is 60.7 Å². The molecule has 0 aliphatic heterocycles. The first-order valence-corrected chi connectivity index (χ1v) is 28.0. The fourth-order valence-corrected chi connectivity index (χ4v) is 10.5. The van der Waals surface area contributed by atoms with E-state index in [9.17, 15) is 40.3 Å². The van der Waals surface area contributed by atoms with Gasteiger partial charge in [-0.3, -0.25) is 0 Å². The van der Waals surface area contributed by atoms with E-state index >= 15 is 0 Å². The first-order valence-electron chi connectivity index (χ1n) is 20.8. The molecule has 0 radical (unpaired) electrons. The summed E-state index contributed by atoms with van der Waals surface area (Å²) in [5.41, 5.74) is 1.63. The second kappa shape index (κ2) is 21.4. The maximum Gasteiger partial charge on any atom is 0.229 e. The number of hydrogen-bond acceptors (Lipinski definition) is 18. The molecule has 0 aliphatic rings. The van der Waals surface area contributed by atoms with E-state index < -0.39 is 52.4 Å². The van der Waals surface area contributed by atoms with Crippen LogP contribution in [0.4, 0.5) is 46.3 Å². The Labute approximate surface area is 397 Å². The summed E-state index contributed by atoms with van der Waals surface area (Å²) in [6.07, 6.45) is 2.61. The van der Waals surface area contributed by atoms with Crippen LogP contribution in [-0.4, -0.2) is 81.4 Å². The zero-order valence-electron chi connectivity index (χ0n) is 38.7. The van der Waals surface area contributed by atoms with Crippen molar-refractivity contribution in [2.24, 2.45) is 0 Å². The molecule has 0 saturated heterocycles. The lowest BCUT2D eigenvalue weighted by atomic mass is 10.3. The Morgan fingerprint density at radius 2 is 0.897 bits per heavy atom. The number of aromatic nitrogens is 4. The van der Waals surface area contributed by atoms with Gasteiger partial charge in [-0.1, -0.05) is 36.4 Å². The van der Waals surface area contributed by atoms with Crippen LogP contribution in [-0.2, 0) is 34.1 Å². The van der Waals surface area contributed by atoms with Crippen molar-refractivity contribution < 1.29 is 34.6 Å². The number of nitriles is 2. The number of hydrogen-bond donors (Lipinski definition) is 4. The fourth-order valence-electron chi connectivity index (χ4n) is 6.07. The molecule has 0 unspecified atom stereocenters. The number of methoxy groups -OCH3 is 1. The molecule has 18 nitrogen and oxygen atoms in total. The number of anilines is 8. The third kappa shape index (κ3) is 12.0. The van der Waals surface area contributed by atoms with Crippen LogP contribution < -0.4 is 31.3 Å². The van der Waals surface area contributed by atoms with Crippen LogP contribution in [0.5, 0.6) is 5.75 Å². The van der Waals surface area contributed by atoms with Gasteiger partial charge in [0.25, 0.3) is 0 Å². The predicted octanol–water partition coefficient (Wildman–Crippen LogP) is 8.47. The van der Waals surface area contributed by atoms with Gasteiger partial charge in [0.05, 0.1) is 72.7 Å². The third-order valence-electron chi connectivity index (χ3n) is 10.1. The Hall–Kier alpha value is -6.90. The molecular formula is C46H51N10O8PS3. The maximum atomic E-state index is 12.8. The van der Waals surface area contributed by atoms with Crippen LogP contribution in [0.2, 0.25) is 0 Å². The Balaban J connectivity index is 0.000000254. The van der Waals surface area contributed by atoms with E-state index in [1.807, 2.05) is 12.1 Å². The molecule has 0 saturated carbocycles.